The lowest BCUT2D eigenvalue weighted by atomic mass is 10.1. The van der Waals surface area contributed by atoms with Crippen molar-refractivity contribution in [3.05, 3.63) is 65.5 Å². The molecule has 144 valence electrons. The van der Waals surface area contributed by atoms with Gasteiger partial charge in [0.1, 0.15) is 24.0 Å². The molecule has 0 bridgehead atoms. The van der Waals surface area contributed by atoms with Crippen LogP contribution in [0, 0.1) is 12.7 Å². The lowest BCUT2D eigenvalue weighted by Crippen LogP contribution is -2.38. The molecule has 0 saturated heterocycles. The Labute approximate surface area is 162 Å². The lowest BCUT2D eigenvalue weighted by Gasteiger charge is -2.28. The minimum Gasteiger partial charge on any atom is -0.490 e. The summed E-state index contributed by atoms with van der Waals surface area (Å²) in [5, 5.41) is 4.42. The van der Waals surface area contributed by atoms with E-state index in [1.54, 1.807) is 17.0 Å². The Morgan fingerprint density at radius 1 is 1.21 bits per heavy atom. The van der Waals surface area contributed by atoms with Gasteiger partial charge < -0.3 is 4.74 Å². The van der Waals surface area contributed by atoms with Gasteiger partial charge in [0.05, 0.1) is 17.9 Å². The van der Waals surface area contributed by atoms with Gasteiger partial charge in [0.15, 0.2) is 0 Å². The van der Waals surface area contributed by atoms with Gasteiger partial charge in [-0.15, -0.1) is 5.10 Å². The van der Waals surface area contributed by atoms with E-state index in [9.17, 15) is 9.18 Å². The summed E-state index contributed by atoms with van der Waals surface area (Å²) < 4.78 is 20.9. The van der Waals surface area contributed by atoms with E-state index in [-0.39, 0.29) is 23.5 Å². The van der Waals surface area contributed by atoms with Crippen LogP contribution >= 0.6 is 0 Å². The molecule has 2 heterocycles. The predicted octanol–water partition coefficient (Wildman–Crippen LogP) is 3.88. The number of rotatable bonds is 3. The standard InChI is InChI=1S/C21H21FN4O2/c1-13(2)20-23-19(24-26(20)16-6-4-5-15(22)12-16)21(27)25-9-10-28-18-11-14(3)7-8-17(18)25/h4-8,11-13H,9-10H2,1-3H3. The van der Waals surface area contributed by atoms with Crippen LogP contribution < -0.4 is 9.64 Å². The molecule has 6 nitrogen and oxygen atoms in total. The van der Waals surface area contributed by atoms with E-state index in [4.69, 9.17) is 4.74 Å². The Morgan fingerprint density at radius 3 is 2.79 bits per heavy atom. The van der Waals surface area contributed by atoms with Gasteiger partial charge >= 0.3 is 0 Å². The van der Waals surface area contributed by atoms with Gasteiger partial charge in [-0.2, -0.15) is 0 Å². The molecule has 0 N–H and O–H groups in total. The van der Waals surface area contributed by atoms with Crippen molar-refractivity contribution in [3.8, 4) is 11.4 Å². The highest BCUT2D eigenvalue weighted by molar-refractivity contribution is 6.04. The van der Waals surface area contributed by atoms with Gasteiger partial charge in [0, 0.05) is 5.92 Å². The van der Waals surface area contributed by atoms with Crippen molar-refractivity contribution in [1.29, 1.82) is 0 Å². The van der Waals surface area contributed by atoms with E-state index in [2.05, 4.69) is 10.1 Å². The number of hydrogen-bond donors (Lipinski definition) is 0. The quantitative estimate of drug-likeness (QED) is 0.692. The van der Waals surface area contributed by atoms with Crippen LogP contribution in [0.3, 0.4) is 0 Å². The Bertz CT molecular complexity index is 1040. The normalized spacial score (nSPS) is 13.4. The average Bonchev–Trinajstić information content (AvgIpc) is 3.12. The van der Waals surface area contributed by atoms with Crippen molar-refractivity contribution in [3.63, 3.8) is 0 Å². The fraction of sp³-hybridized carbons (Fsp3) is 0.286. The summed E-state index contributed by atoms with van der Waals surface area (Å²) in [6.07, 6.45) is 0. The van der Waals surface area contributed by atoms with Crippen LogP contribution in [0.1, 0.15) is 41.8 Å². The van der Waals surface area contributed by atoms with Crippen LogP contribution in [-0.4, -0.2) is 33.8 Å². The first-order chi connectivity index (χ1) is 13.4. The summed E-state index contributed by atoms with van der Waals surface area (Å²) in [4.78, 5) is 19.3. The molecule has 0 aliphatic carbocycles. The van der Waals surface area contributed by atoms with E-state index in [0.717, 1.165) is 5.56 Å². The highest BCUT2D eigenvalue weighted by atomic mass is 19.1. The van der Waals surface area contributed by atoms with Crippen molar-refractivity contribution in [1.82, 2.24) is 14.8 Å². The fourth-order valence-electron chi connectivity index (χ4n) is 3.25. The number of benzene rings is 2. The maximum Gasteiger partial charge on any atom is 0.298 e. The zero-order valence-electron chi connectivity index (χ0n) is 16.0. The van der Waals surface area contributed by atoms with Crippen LogP contribution in [0.5, 0.6) is 5.75 Å². The number of ether oxygens (including phenoxy) is 1. The molecule has 1 aromatic heterocycles. The molecule has 2 aromatic carbocycles. The molecule has 4 rings (SSSR count). The first-order valence-electron chi connectivity index (χ1n) is 9.22. The maximum absolute atomic E-state index is 13.7. The van der Waals surface area contributed by atoms with E-state index in [1.807, 2.05) is 39.0 Å². The number of fused-ring (bicyclic) bond motifs is 1. The topological polar surface area (TPSA) is 60.2 Å². The molecule has 0 radical (unpaired) electrons. The van der Waals surface area contributed by atoms with Gasteiger partial charge in [0.2, 0.25) is 5.82 Å². The first-order valence-corrected chi connectivity index (χ1v) is 9.22. The number of carbonyl (C=O) groups is 1. The van der Waals surface area contributed by atoms with E-state index in [0.29, 0.717) is 36.1 Å². The number of halogens is 1. The monoisotopic (exact) mass is 380 g/mol. The highest BCUT2D eigenvalue weighted by Crippen LogP contribution is 2.33. The Morgan fingerprint density at radius 2 is 2.04 bits per heavy atom. The second-order valence-corrected chi connectivity index (χ2v) is 7.12. The van der Waals surface area contributed by atoms with E-state index < -0.39 is 0 Å². The van der Waals surface area contributed by atoms with Crippen molar-refractivity contribution in [2.75, 3.05) is 18.1 Å². The Hall–Kier alpha value is -3.22. The largest absolute Gasteiger partial charge is 0.490 e. The maximum atomic E-state index is 13.7. The average molecular weight is 380 g/mol. The molecule has 0 atom stereocenters. The third kappa shape index (κ3) is 3.24. The number of aryl methyl sites for hydroxylation is 1. The number of hydrogen-bond acceptors (Lipinski definition) is 4. The summed E-state index contributed by atoms with van der Waals surface area (Å²) in [7, 11) is 0. The predicted molar refractivity (Wildman–Crippen MR) is 104 cm³/mol. The zero-order valence-corrected chi connectivity index (χ0v) is 16.0. The lowest BCUT2D eigenvalue weighted by molar-refractivity contribution is 0.0966. The molecular weight excluding hydrogens is 359 g/mol. The second kappa shape index (κ2) is 7.07. The summed E-state index contributed by atoms with van der Waals surface area (Å²) in [6.45, 7) is 6.72. The summed E-state index contributed by atoms with van der Waals surface area (Å²) in [5.41, 5.74) is 2.30. The van der Waals surface area contributed by atoms with Crippen LogP contribution in [0.2, 0.25) is 0 Å². The molecule has 0 spiro atoms. The van der Waals surface area contributed by atoms with Gasteiger partial charge in [0.25, 0.3) is 5.91 Å². The molecule has 1 aliphatic rings. The molecular formula is C21H21FN4O2. The number of carbonyl (C=O) groups excluding carboxylic acids is 1. The molecule has 0 fully saturated rings. The number of nitrogens with zero attached hydrogens (tertiary/aromatic N) is 4. The summed E-state index contributed by atoms with van der Waals surface area (Å²) >= 11 is 0. The number of amides is 1. The summed E-state index contributed by atoms with van der Waals surface area (Å²) in [5.74, 6) is 0.705. The number of anilines is 1. The van der Waals surface area contributed by atoms with Crippen LogP contribution in [0.15, 0.2) is 42.5 Å². The van der Waals surface area contributed by atoms with Crippen molar-refractivity contribution < 1.29 is 13.9 Å². The molecule has 28 heavy (non-hydrogen) atoms. The Balaban J connectivity index is 1.75. The fourth-order valence-corrected chi connectivity index (χ4v) is 3.25. The van der Waals surface area contributed by atoms with Crippen molar-refractivity contribution >= 4 is 11.6 Å². The SMILES string of the molecule is Cc1ccc2c(c1)OCCN2C(=O)c1nc(C(C)C)n(-c2cccc(F)c2)n1. The number of aromatic nitrogens is 3. The van der Waals surface area contributed by atoms with Crippen molar-refractivity contribution in [2.24, 2.45) is 0 Å². The molecule has 1 aliphatic heterocycles. The van der Waals surface area contributed by atoms with E-state index in [1.165, 1.54) is 16.8 Å². The van der Waals surface area contributed by atoms with Crippen LogP contribution in [-0.2, 0) is 0 Å². The van der Waals surface area contributed by atoms with Gasteiger partial charge in [-0.25, -0.2) is 14.1 Å². The van der Waals surface area contributed by atoms with E-state index >= 15 is 0 Å². The van der Waals surface area contributed by atoms with Crippen LogP contribution in [0.4, 0.5) is 10.1 Å². The minimum atomic E-state index is -0.368. The third-order valence-electron chi connectivity index (χ3n) is 4.62. The van der Waals surface area contributed by atoms with Crippen LogP contribution in [0.25, 0.3) is 5.69 Å². The van der Waals surface area contributed by atoms with Gasteiger partial charge in [-0.05, 0) is 42.8 Å². The minimum absolute atomic E-state index is 0.0111. The highest BCUT2D eigenvalue weighted by Gasteiger charge is 2.29. The molecule has 0 unspecified atom stereocenters. The zero-order chi connectivity index (χ0) is 19.8. The smallest absolute Gasteiger partial charge is 0.298 e. The van der Waals surface area contributed by atoms with Gasteiger partial charge in [-0.3, -0.25) is 9.69 Å². The Kier molecular flexibility index (Phi) is 4.58. The first kappa shape index (κ1) is 18.2. The molecule has 3 aromatic rings. The second-order valence-electron chi connectivity index (χ2n) is 7.12. The third-order valence-corrected chi connectivity index (χ3v) is 4.62. The summed E-state index contributed by atoms with van der Waals surface area (Å²) in [6, 6.07) is 11.8. The molecule has 7 heteroatoms. The molecule has 0 saturated carbocycles. The van der Waals surface area contributed by atoms with Crippen molar-refractivity contribution in [2.45, 2.75) is 26.7 Å². The molecule has 1 amide bonds. The van der Waals surface area contributed by atoms with Gasteiger partial charge in [-0.1, -0.05) is 26.0 Å².